The molecule has 0 unspecified atom stereocenters. The van der Waals surface area contributed by atoms with Gasteiger partial charge in [-0.05, 0) is 37.1 Å². The van der Waals surface area contributed by atoms with Crippen LogP contribution in [0.2, 0.25) is 5.02 Å². The van der Waals surface area contributed by atoms with Gasteiger partial charge in [0, 0.05) is 16.8 Å². The minimum atomic E-state index is -1.01. The third-order valence-electron chi connectivity index (χ3n) is 2.68. The fourth-order valence-electron chi connectivity index (χ4n) is 2.04. The molecular formula is C11H13ClN2O2. The van der Waals surface area contributed by atoms with E-state index in [1.807, 2.05) is 13.0 Å². The summed E-state index contributed by atoms with van der Waals surface area (Å²) in [6.45, 7) is 2.02. The minimum absolute atomic E-state index is 0.192. The number of hydrogen-bond donors (Lipinski definition) is 3. The Morgan fingerprint density at radius 2 is 2.38 bits per heavy atom. The number of rotatable bonds is 1. The molecule has 4 nitrogen and oxygen atoms in total. The molecule has 0 spiro atoms. The quantitative estimate of drug-likeness (QED) is 0.707. The van der Waals surface area contributed by atoms with Crippen molar-refractivity contribution in [1.29, 1.82) is 0 Å². The van der Waals surface area contributed by atoms with Gasteiger partial charge < -0.3 is 15.7 Å². The van der Waals surface area contributed by atoms with Crippen LogP contribution in [-0.4, -0.2) is 17.2 Å². The van der Waals surface area contributed by atoms with E-state index in [0.717, 1.165) is 17.7 Å². The molecule has 5 heteroatoms. The SMILES string of the molecule is C[C@H]1C[C@@H](NC(=O)O)c2cc(Cl)ccc2N1. The van der Waals surface area contributed by atoms with E-state index in [0.29, 0.717) is 5.02 Å². The number of halogens is 1. The zero-order valence-corrected chi connectivity index (χ0v) is 9.58. The Bertz CT molecular complexity index is 422. The Morgan fingerprint density at radius 1 is 1.62 bits per heavy atom. The van der Waals surface area contributed by atoms with E-state index < -0.39 is 6.09 Å². The van der Waals surface area contributed by atoms with Crippen LogP contribution >= 0.6 is 11.6 Å². The third-order valence-corrected chi connectivity index (χ3v) is 2.91. The van der Waals surface area contributed by atoms with Gasteiger partial charge in [-0.15, -0.1) is 0 Å². The van der Waals surface area contributed by atoms with Crippen LogP contribution in [-0.2, 0) is 0 Å². The molecular weight excluding hydrogens is 228 g/mol. The fraction of sp³-hybridized carbons (Fsp3) is 0.364. The molecule has 1 aliphatic heterocycles. The van der Waals surface area contributed by atoms with E-state index >= 15 is 0 Å². The van der Waals surface area contributed by atoms with E-state index in [1.54, 1.807) is 12.1 Å². The number of hydrogen-bond acceptors (Lipinski definition) is 2. The Hall–Kier alpha value is -1.42. The molecule has 16 heavy (non-hydrogen) atoms. The van der Waals surface area contributed by atoms with Gasteiger partial charge in [0.2, 0.25) is 0 Å². The summed E-state index contributed by atoms with van der Waals surface area (Å²) in [5.74, 6) is 0. The van der Waals surface area contributed by atoms with Gasteiger partial charge in [-0.1, -0.05) is 11.6 Å². The molecule has 0 fully saturated rings. The molecule has 0 saturated heterocycles. The van der Waals surface area contributed by atoms with Crippen molar-refractivity contribution < 1.29 is 9.90 Å². The lowest BCUT2D eigenvalue weighted by atomic mass is 9.94. The first kappa shape index (κ1) is 11.1. The Kier molecular flexibility index (Phi) is 2.92. The van der Waals surface area contributed by atoms with Crippen LogP contribution in [0.5, 0.6) is 0 Å². The summed E-state index contributed by atoms with van der Waals surface area (Å²) in [5.41, 5.74) is 1.86. The van der Waals surface area contributed by atoms with E-state index in [9.17, 15) is 4.79 Å². The normalized spacial score (nSPS) is 23.1. The lowest BCUT2D eigenvalue weighted by Gasteiger charge is -2.31. The second-order valence-corrected chi connectivity index (χ2v) is 4.45. The van der Waals surface area contributed by atoms with Gasteiger partial charge in [0.15, 0.2) is 0 Å². The van der Waals surface area contributed by atoms with Crippen LogP contribution in [0.25, 0.3) is 0 Å². The topological polar surface area (TPSA) is 61.4 Å². The molecule has 1 aliphatic rings. The molecule has 2 atom stereocenters. The first-order valence-corrected chi connectivity index (χ1v) is 5.49. The van der Waals surface area contributed by atoms with Crippen molar-refractivity contribution in [2.45, 2.75) is 25.4 Å². The van der Waals surface area contributed by atoms with Crippen molar-refractivity contribution in [2.24, 2.45) is 0 Å². The molecule has 0 bridgehead atoms. The molecule has 1 heterocycles. The molecule has 1 aromatic rings. The highest BCUT2D eigenvalue weighted by Crippen LogP contribution is 2.34. The molecule has 0 radical (unpaired) electrons. The first-order chi connectivity index (χ1) is 7.56. The zero-order valence-electron chi connectivity index (χ0n) is 8.83. The van der Waals surface area contributed by atoms with Crippen LogP contribution < -0.4 is 10.6 Å². The van der Waals surface area contributed by atoms with Crippen LogP contribution in [0.4, 0.5) is 10.5 Å². The number of carbonyl (C=O) groups is 1. The fourth-order valence-corrected chi connectivity index (χ4v) is 2.22. The molecule has 0 saturated carbocycles. The van der Waals surface area contributed by atoms with Gasteiger partial charge in [-0.25, -0.2) is 4.79 Å². The number of amides is 1. The molecule has 0 aliphatic carbocycles. The lowest BCUT2D eigenvalue weighted by molar-refractivity contribution is 0.188. The van der Waals surface area contributed by atoms with Gasteiger partial charge in [-0.2, -0.15) is 0 Å². The van der Waals surface area contributed by atoms with Crippen LogP contribution in [0.3, 0.4) is 0 Å². The smallest absolute Gasteiger partial charge is 0.405 e. The maximum absolute atomic E-state index is 10.7. The van der Waals surface area contributed by atoms with E-state index in [1.165, 1.54) is 0 Å². The molecule has 0 aromatic heterocycles. The summed E-state index contributed by atoms with van der Waals surface area (Å²) in [5, 5.41) is 15.2. The van der Waals surface area contributed by atoms with Crippen LogP contribution in [0.15, 0.2) is 18.2 Å². The molecule has 2 rings (SSSR count). The van der Waals surface area contributed by atoms with Gasteiger partial charge >= 0.3 is 6.09 Å². The highest BCUT2D eigenvalue weighted by molar-refractivity contribution is 6.30. The summed E-state index contributed by atoms with van der Waals surface area (Å²) in [7, 11) is 0. The largest absolute Gasteiger partial charge is 0.465 e. The average Bonchev–Trinajstić information content (AvgIpc) is 2.18. The number of carboxylic acid groups (broad SMARTS) is 1. The maximum atomic E-state index is 10.7. The third kappa shape index (κ3) is 2.22. The van der Waals surface area contributed by atoms with Crippen molar-refractivity contribution >= 4 is 23.4 Å². The van der Waals surface area contributed by atoms with Crippen LogP contribution in [0, 0.1) is 0 Å². The average molecular weight is 241 g/mol. The van der Waals surface area contributed by atoms with Crippen LogP contribution in [0.1, 0.15) is 24.9 Å². The summed E-state index contributed by atoms with van der Waals surface area (Å²) in [6.07, 6.45) is -0.287. The standard InChI is InChI=1S/C11H13ClN2O2/c1-6-4-10(14-11(15)16)8-5-7(12)2-3-9(8)13-6/h2-3,5-6,10,13-14H,4H2,1H3,(H,15,16)/t6-,10+/m0/s1. The Balaban J connectivity index is 2.35. The van der Waals surface area contributed by atoms with Crippen molar-refractivity contribution in [3.05, 3.63) is 28.8 Å². The molecule has 86 valence electrons. The highest BCUT2D eigenvalue weighted by atomic mass is 35.5. The van der Waals surface area contributed by atoms with E-state index in [2.05, 4.69) is 10.6 Å². The highest BCUT2D eigenvalue weighted by Gasteiger charge is 2.25. The lowest BCUT2D eigenvalue weighted by Crippen LogP contribution is -2.35. The summed E-state index contributed by atoms with van der Waals surface area (Å²) < 4.78 is 0. The summed E-state index contributed by atoms with van der Waals surface area (Å²) >= 11 is 5.91. The Morgan fingerprint density at radius 3 is 3.06 bits per heavy atom. The van der Waals surface area contributed by atoms with Gasteiger partial charge in [-0.3, -0.25) is 0 Å². The number of nitrogens with one attached hydrogen (secondary N) is 2. The molecule has 1 amide bonds. The predicted octanol–water partition coefficient (Wildman–Crippen LogP) is 2.85. The summed E-state index contributed by atoms with van der Waals surface area (Å²) in [4.78, 5) is 10.7. The maximum Gasteiger partial charge on any atom is 0.405 e. The van der Waals surface area contributed by atoms with Crippen molar-refractivity contribution in [3.8, 4) is 0 Å². The van der Waals surface area contributed by atoms with Gasteiger partial charge in [0.25, 0.3) is 0 Å². The van der Waals surface area contributed by atoms with Crippen molar-refractivity contribution in [3.63, 3.8) is 0 Å². The molecule has 3 N–H and O–H groups in total. The number of fused-ring (bicyclic) bond motifs is 1. The number of benzene rings is 1. The zero-order chi connectivity index (χ0) is 11.7. The first-order valence-electron chi connectivity index (χ1n) is 5.11. The summed E-state index contributed by atoms with van der Waals surface area (Å²) in [6, 6.07) is 5.52. The Labute approximate surface area is 98.6 Å². The second kappa shape index (κ2) is 4.22. The minimum Gasteiger partial charge on any atom is -0.465 e. The van der Waals surface area contributed by atoms with E-state index in [-0.39, 0.29) is 12.1 Å². The van der Waals surface area contributed by atoms with Gasteiger partial charge in [0.05, 0.1) is 6.04 Å². The van der Waals surface area contributed by atoms with E-state index in [4.69, 9.17) is 16.7 Å². The predicted molar refractivity (Wildman–Crippen MR) is 63.1 cm³/mol. The van der Waals surface area contributed by atoms with Crippen molar-refractivity contribution in [2.75, 3.05) is 5.32 Å². The molecule has 1 aromatic carbocycles. The number of anilines is 1. The second-order valence-electron chi connectivity index (χ2n) is 4.01. The monoisotopic (exact) mass is 240 g/mol. The van der Waals surface area contributed by atoms with Gasteiger partial charge in [0.1, 0.15) is 0 Å². The van der Waals surface area contributed by atoms with Crippen molar-refractivity contribution in [1.82, 2.24) is 5.32 Å².